The highest BCUT2D eigenvalue weighted by Gasteiger charge is 2.52. The molecule has 250 valence electrons. The van der Waals surface area contributed by atoms with Crippen molar-refractivity contribution in [2.45, 2.75) is 84.9 Å². The molecular weight excluding hydrogens is 604 g/mol. The minimum Gasteiger partial charge on any atom is -0.497 e. The van der Waals surface area contributed by atoms with E-state index in [9.17, 15) is 19.2 Å². The highest BCUT2D eigenvalue weighted by molar-refractivity contribution is 5.71. The summed E-state index contributed by atoms with van der Waals surface area (Å²) in [6, 6.07) is 20.0. The van der Waals surface area contributed by atoms with Crippen molar-refractivity contribution in [3.63, 3.8) is 0 Å². The molecule has 3 aromatic carbocycles. The largest absolute Gasteiger partial charge is 0.497 e. The summed E-state index contributed by atoms with van der Waals surface area (Å²) in [4.78, 5) is 48.9. The highest BCUT2D eigenvalue weighted by Crippen LogP contribution is 2.41. The number of aryl methyl sites for hydroxylation is 1. The summed E-state index contributed by atoms with van der Waals surface area (Å²) in [5, 5.41) is 0. The van der Waals surface area contributed by atoms with Crippen molar-refractivity contribution >= 4 is 23.9 Å². The third-order valence-electron chi connectivity index (χ3n) is 8.08. The maximum Gasteiger partial charge on any atom is 0.303 e. The van der Waals surface area contributed by atoms with Crippen LogP contribution < -0.4 is 4.74 Å². The summed E-state index contributed by atoms with van der Waals surface area (Å²) in [5.41, 5.74) is 6.80. The van der Waals surface area contributed by atoms with Crippen LogP contribution in [0.2, 0.25) is 0 Å². The van der Waals surface area contributed by atoms with Gasteiger partial charge in [0.25, 0.3) is 0 Å². The molecule has 1 heterocycles. The van der Waals surface area contributed by atoms with Crippen LogP contribution in [0, 0.1) is 6.92 Å². The first-order valence-electron chi connectivity index (χ1n) is 15.6. The van der Waals surface area contributed by atoms with E-state index in [-0.39, 0.29) is 6.61 Å². The molecule has 47 heavy (non-hydrogen) atoms. The molecule has 5 atom stereocenters. The Balaban J connectivity index is 1.91. The molecule has 4 rings (SSSR count). The molecular formula is C37H42O10. The number of carbonyl (C=O) groups is 4. The van der Waals surface area contributed by atoms with Crippen LogP contribution in [0.15, 0.2) is 60.7 Å². The number of benzene rings is 3. The summed E-state index contributed by atoms with van der Waals surface area (Å²) in [5.74, 6) is -1.89. The number of methoxy groups -OCH3 is 1. The zero-order chi connectivity index (χ0) is 34.2. The van der Waals surface area contributed by atoms with Gasteiger partial charge in [-0.05, 0) is 76.9 Å². The monoisotopic (exact) mass is 646 g/mol. The quantitative estimate of drug-likeness (QED) is 0.192. The van der Waals surface area contributed by atoms with E-state index in [1.54, 1.807) is 7.11 Å². The molecule has 0 bridgehead atoms. The van der Waals surface area contributed by atoms with Crippen molar-refractivity contribution in [3.8, 4) is 16.9 Å². The Kier molecular flexibility index (Phi) is 11.8. The number of hydrogen-bond donors (Lipinski definition) is 0. The Morgan fingerprint density at radius 2 is 1.30 bits per heavy atom. The fourth-order valence-electron chi connectivity index (χ4n) is 5.83. The first kappa shape index (κ1) is 35.2. The maximum absolute atomic E-state index is 12.5. The molecule has 0 aromatic heterocycles. The van der Waals surface area contributed by atoms with Crippen LogP contribution in [0.3, 0.4) is 0 Å². The molecule has 10 nitrogen and oxygen atoms in total. The average molecular weight is 647 g/mol. The zero-order valence-electron chi connectivity index (χ0n) is 27.9. The standard InChI is InChI=1S/C37H42O10/c1-8-26-9-11-27(12-10-26)17-29-18-30(19-32(21(29)2)28-13-15-31(42-7)16-14-28)34-36(45-24(5)40)37(46-25(6)41)35(44-23(4)39)33(47-34)20-43-22(3)38/h9-16,18-19,33-37H,8,17,20H2,1-7H3/t33?,34-,35+,36-,37-/m0/s1. The van der Waals surface area contributed by atoms with Gasteiger partial charge in [0.2, 0.25) is 0 Å². The average Bonchev–Trinajstić information content (AvgIpc) is 3.03. The Labute approximate surface area is 275 Å². The van der Waals surface area contributed by atoms with E-state index in [0.717, 1.165) is 34.2 Å². The maximum atomic E-state index is 12.5. The Morgan fingerprint density at radius 3 is 1.85 bits per heavy atom. The molecule has 0 radical (unpaired) electrons. The summed E-state index contributed by atoms with van der Waals surface area (Å²) in [6.07, 6.45) is -4.25. The SMILES string of the molecule is CCc1ccc(Cc2cc([C@@H]3OC(COC(C)=O)[C@@H](OC(C)=O)[C@H](OC(C)=O)[C@H]3OC(C)=O)cc(-c3ccc(OC)cc3)c2C)cc1. The predicted octanol–water partition coefficient (Wildman–Crippen LogP) is 5.62. The van der Waals surface area contributed by atoms with Crippen molar-refractivity contribution in [2.24, 2.45) is 0 Å². The van der Waals surface area contributed by atoms with Crippen LogP contribution in [0.5, 0.6) is 5.75 Å². The van der Waals surface area contributed by atoms with E-state index in [1.165, 1.54) is 33.3 Å². The van der Waals surface area contributed by atoms with Crippen molar-refractivity contribution in [1.29, 1.82) is 0 Å². The Bertz CT molecular complexity index is 1580. The summed E-state index contributed by atoms with van der Waals surface area (Å²) < 4.78 is 34.2. The van der Waals surface area contributed by atoms with Crippen LogP contribution in [-0.2, 0) is 55.7 Å². The molecule has 0 N–H and O–H groups in total. The van der Waals surface area contributed by atoms with Gasteiger partial charge in [-0.2, -0.15) is 0 Å². The third kappa shape index (κ3) is 8.98. The second-order valence-corrected chi connectivity index (χ2v) is 11.5. The predicted molar refractivity (Wildman–Crippen MR) is 173 cm³/mol. The smallest absolute Gasteiger partial charge is 0.303 e. The molecule has 1 saturated heterocycles. The van der Waals surface area contributed by atoms with Crippen LogP contribution in [0.1, 0.15) is 68.5 Å². The first-order valence-corrected chi connectivity index (χ1v) is 15.6. The van der Waals surface area contributed by atoms with Gasteiger partial charge in [0, 0.05) is 27.7 Å². The lowest BCUT2D eigenvalue weighted by atomic mass is 9.85. The van der Waals surface area contributed by atoms with Gasteiger partial charge in [-0.15, -0.1) is 0 Å². The van der Waals surface area contributed by atoms with Crippen LogP contribution >= 0.6 is 0 Å². The number of rotatable bonds is 11. The number of ether oxygens (including phenoxy) is 6. The fraction of sp³-hybridized carbons (Fsp3) is 0.405. The molecule has 1 aliphatic rings. The lowest BCUT2D eigenvalue weighted by molar-refractivity contribution is -0.254. The fourth-order valence-corrected chi connectivity index (χ4v) is 5.83. The van der Waals surface area contributed by atoms with Crippen molar-refractivity contribution in [2.75, 3.05) is 13.7 Å². The van der Waals surface area contributed by atoms with Gasteiger partial charge in [-0.1, -0.05) is 49.4 Å². The summed E-state index contributed by atoms with van der Waals surface area (Å²) in [7, 11) is 1.60. The topological polar surface area (TPSA) is 124 Å². The molecule has 0 spiro atoms. The van der Waals surface area contributed by atoms with Crippen molar-refractivity contribution in [1.82, 2.24) is 0 Å². The molecule has 0 amide bonds. The molecule has 1 aliphatic heterocycles. The van der Waals surface area contributed by atoms with Gasteiger partial charge in [0.1, 0.15) is 24.6 Å². The minimum absolute atomic E-state index is 0.303. The van der Waals surface area contributed by atoms with Crippen LogP contribution in [-0.4, -0.2) is 62.0 Å². The van der Waals surface area contributed by atoms with Gasteiger partial charge >= 0.3 is 23.9 Å². The van der Waals surface area contributed by atoms with Crippen molar-refractivity contribution in [3.05, 3.63) is 88.5 Å². The second-order valence-electron chi connectivity index (χ2n) is 11.5. The van der Waals surface area contributed by atoms with E-state index >= 15 is 0 Å². The lowest BCUT2D eigenvalue weighted by Crippen LogP contribution is -2.59. The molecule has 0 saturated carbocycles. The van der Waals surface area contributed by atoms with Gasteiger partial charge in [-0.3, -0.25) is 19.2 Å². The van der Waals surface area contributed by atoms with Crippen LogP contribution in [0.4, 0.5) is 0 Å². The molecule has 1 unspecified atom stereocenters. The van der Waals surface area contributed by atoms with E-state index in [0.29, 0.717) is 17.7 Å². The lowest BCUT2D eigenvalue weighted by Gasteiger charge is -2.44. The van der Waals surface area contributed by atoms with Gasteiger partial charge < -0.3 is 28.4 Å². The van der Waals surface area contributed by atoms with E-state index in [2.05, 4.69) is 31.2 Å². The number of hydrogen-bond acceptors (Lipinski definition) is 10. The van der Waals surface area contributed by atoms with E-state index in [4.69, 9.17) is 28.4 Å². The summed E-state index contributed by atoms with van der Waals surface area (Å²) >= 11 is 0. The summed E-state index contributed by atoms with van der Waals surface area (Å²) in [6.45, 7) is 8.73. The Hall–Kier alpha value is -4.70. The molecule has 3 aromatic rings. The first-order chi connectivity index (χ1) is 22.4. The van der Waals surface area contributed by atoms with Gasteiger partial charge in [0.05, 0.1) is 7.11 Å². The highest BCUT2D eigenvalue weighted by atomic mass is 16.7. The second kappa shape index (κ2) is 15.7. The Morgan fingerprint density at radius 1 is 0.723 bits per heavy atom. The zero-order valence-corrected chi connectivity index (χ0v) is 27.9. The minimum atomic E-state index is -1.27. The third-order valence-corrected chi connectivity index (χ3v) is 8.08. The normalized spacial score (nSPS) is 20.5. The van der Waals surface area contributed by atoms with E-state index in [1.807, 2.05) is 43.3 Å². The molecule has 10 heteroatoms. The van der Waals surface area contributed by atoms with Gasteiger partial charge in [0.15, 0.2) is 18.3 Å². The van der Waals surface area contributed by atoms with Crippen LogP contribution in [0.25, 0.3) is 11.1 Å². The van der Waals surface area contributed by atoms with Gasteiger partial charge in [-0.25, -0.2) is 0 Å². The molecule has 0 aliphatic carbocycles. The number of carbonyl (C=O) groups excluding carboxylic acids is 4. The van der Waals surface area contributed by atoms with E-state index < -0.39 is 54.4 Å². The number of esters is 4. The molecule has 1 fully saturated rings. The van der Waals surface area contributed by atoms with Crippen molar-refractivity contribution < 1.29 is 47.6 Å².